The molecule has 128 valence electrons. The van der Waals surface area contributed by atoms with Crippen molar-refractivity contribution in [1.82, 2.24) is 15.1 Å². The number of rotatable bonds is 2. The van der Waals surface area contributed by atoms with Crippen molar-refractivity contribution in [2.75, 3.05) is 18.8 Å². The monoisotopic (exact) mass is 356 g/mol. The Morgan fingerprint density at radius 3 is 2.80 bits per heavy atom. The zero-order valence-corrected chi connectivity index (χ0v) is 14.7. The molecule has 0 atom stereocenters. The molecule has 2 N–H and O–H groups in total. The van der Waals surface area contributed by atoms with E-state index in [2.05, 4.69) is 10.2 Å². The third kappa shape index (κ3) is 2.55. The van der Waals surface area contributed by atoms with Gasteiger partial charge in [0.2, 0.25) is 0 Å². The van der Waals surface area contributed by atoms with Gasteiger partial charge in [-0.15, -0.1) is 16.4 Å². The minimum absolute atomic E-state index is 0.0924. The Hall–Kier alpha value is -2.54. The van der Waals surface area contributed by atoms with Crippen LogP contribution in [0.4, 0.5) is 10.1 Å². The summed E-state index contributed by atoms with van der Waals surface area (Å²) in [7, 11) is 0. The van der Waals surface area contributed by atoms with E-state index in [4.69, 9.17) is 5.73 Å². The second-order valence-corrected chi connectivity index (χ2v) is 7.40. The van der Waals surface area contributed by atoms with E-state index in [-0.39, 0.29) is 17.6 Å². The summed E-state index contributed by atoms with van der Waals surface area (Å²) in [4.78, 5) is 15.7. The summed E-state index contributed by atoms with van der Waals surface area (Å²) in [5, 5.41) is 9.08. The van der Waals surface area contributed by atoms with Crippen molar-refractivity contribution in [1.29, 1.82) is 0 Å². The number of hydrogen-bond donors (Lipinski definition) is 1. The number of anilines is 1. The lowest BCUT2D eigenvalue weighted by atomic mass is 9.91. The summed E-state index contributed by atoms with van der Waals surface area (Å²) < 4.78 is 13.3. The fraction of sp³-hybridized carbons (Fsp3) is 0.278. The van der Waals surface area contributed by atoms with Crippen LogP contribution < -0.4 is 5.73 Å². The maximum Gasteiger partial charge on any atom is 0.266 e. The number of aromatic nitrogens is 2. The highest BCUT2D eigenvalue weighted by atomic mass is 32.1. The molecule has 0 spiro atoms. The largest absolute Gasteiger partial charge is 0.397 e. The molecule has 5 nitrogen and oxygen atoms in total. The van der Waals surface area contributed by atoms with Crippen molar-refractivity contribution < 1.29 is 9.18 Å². The van der Waals surface area contributed by atoms with Crippen LogP contribution in [-0.2, 0) is 0 Å². The summed E-state index contributed by atoms with van der Waals surface area (Å²) in [6.07, 6.45) is 0. The molecular formula is C18H17FN4OS. The predicted molar refractivity (Wildman–Crippen MR) is 96.3 cm³/mol. The highest BCUT2D eigenvalue weighted by Gasteiger charge is 2.34. The van der Waals surface area contributed by atoms with Crippen LogP contribution in [0, 0.1) is 19.7 Å². The molecule has 4 rings (SSSR count). The van der Waals surface area contributed by atoms with Gasteiger partial charge in [0, 0.05) is 24.4 Å². The average Bonchev–Trinajstić information content (AvgIpc) is 2.87. The number of fused-ring (bicyclic) bond motifs is 1. The average molecular weight is 356 g/mol. The van der Waals surface area contributed by atoms with Gasteiger partial charge in [0.15, 0.2) is 0 Å². The molecular weight excluding hydrogens is 339 g/mol. The van der Waals surface area contributed by atoms with Crippen molar-refractivity contribution in [3.05, 3.63) is 51.8 Å². The lowest BCUT2D eigenvalue weighted by Gasteiger charge is -2.39. The maximum absolute atomic E-state index is 13.3. The molecule has 7 heteroatoms. The van der Waals surface area contributed by atoms with E-state index in [0.717, 1.165) is 22.2 Å². The number of likely N-dealkylation sites (tertiary alicyclic amines) is 1. The van der Waals surface area contributed by atoms with Crippen molar-refractivity contribution in [2.24, 2.45) is 0 Å². The summed E-state index contributed by atoms with van der Waals surface area (Å²) in [6, 6.07) is 6.55. The molecule has 1 aliphatic heterocycles. The Balaban J connectivity index is 1.58. The molecule has 0 bridgehead atoms. The fourth-order valence-corrected chi connectivity index (χ4v) is 4.23. The Morgan fingerprint density at radius 2 is 2.08 bits per heavy atom. The van der Waals surface area contributed by atoms with E-state index in [1.165, 1.54) is 23.5 Å². The SMILES string of the molecule is Cc1nnc2sc(C(=O)N3CC(c4cccc(F)c4)C3)c(N)c2c1C. The van der Waals surface area contributed by atoms with Gasteiger partial charge in [-0.1, -0.05) is 12.1 Å². The zero-order valence-electron chi connectivity index (χ0n) is 13.9. The molecule has 3 aromatic rings. The minimum atomic E-state index is -0.250. The van der Waals surface area contributed by atoms with Gasteiger partial charge in [-0.3, -0.25) is 4.79 Å². The van der Waals surface area contributed by atoms with Crippen LogP contribution in [0.1, 0.15) is 32.4 Å². The molecule has 0 unspecified atom stereocenters. The molecule has 1 amide bonds. The first-order valence-corrected chi connectivity index (χ1v) is 8.84. The van der Waals surface area contributed by atoms with Gasteiger partial charge < -0.3 is 10.6 Å². The molecule has 1 aromatic carbocycles. The number of benzene rings is 1. The molecule has 3 heterocycles. The summed E-state index contributed by atoms with van der Waals surface area (Å²) in [5.41, 5.74) is 9.41. The normalized spacial score (nSPS) is 14.8. The summed E-state index contributed by atoms with van der Waals surface area (Å²) in [5.74, 6) is -0.176. The number of aryl methyl sites for hydroxylation is 2. The van der Waals surface area contributed by atoms with Gasteiger partial charge in [-0.25, -0.2) is 4.39 Å². The minimum Gasteiger partial charge on any atom is -0.397 e. The van der Waals surface area contributed by atoms with Crippen molar-refractivity contribution >= 4 is 33.1 Å². The van der Waals surface area contributed by atoms with E-state index in [1.807, 2.05) is 19.9 Å². The second-order valence-electron chi connectivity index (χ2n) is 6.40. The molecule has 1 fully saturated rings. The molecule has 1 aliphatic rings. The van der Waals surface area contributed by atoms with E-state index >= 15 is 0 Å². The van der Waals surface area contributed by atoms with Crippen LogP contribution in [0.15, 0.2) is 24.3 Å². The standard InChI is InChI=1S/C18H17FN4OS/c1-9-10(2)21-22-17-14(9)15(20)16(25-17)18(24)23-7-12(8-23)11-4-3-5-13(19)6-11/h3-6,12H,7-8,20H2,1-2H3. The van der Waals surface area contributed by atoms with Crippen LogP contribution in [0.2, 0.25) is 0 Å². The number of nitrogens with zero attached hydrogens (tertiary/aromatic N) is 3. The Bertz CT molecular complexity index is 994. The molecule has 0 aliphatic carbocycles. The molecule has 0 radical (unpaired) electrons. The van der Waals surface area contributed by atoms with Crippen LogP contribution >= 0.6 is 11.3 Å². The van der Waals surface area contributed by atoms with Gasteiger partial charge >= 0.3 is 0 Å². The van der Waals surface area contributed by atoms with Crippen molar-refractivity contribution in [2.45, 2.75) is 19.8 Å². The number of thiophene rings is 1. The topological polar surface area (TPSA) is 72.1 Å². The Morgan fingerprint density at radius 1 is 1.32 bits per heavy atom. The number of nitrogens with two attached hydrogens (primary N) is 1. The van der Waals surface area contributed by atoms with Gasteiger partial charge in [0.1, 0.15) is 15.5 Å². The number of nitrogen functional groups attached to an aromatic ring is 1. The molecule has 1 saturated heterocycles. The van der Waals surface area contributed by atoms with Gasteiger partial charge in [-0.05, 0) is 37.1 Å². The van der Waals surface area contributed by atoms with Crippen molar-refractivity contribution in [3.8, 4) is 0 Å². The molecule has 2 aromatic heterocycles. The van der Waals surface area contributed by atoms with E-state index in [0.29, 0.717) is 28.5 Å². The first kappa shape index (κ1) is 16.0. The summed E-state index contributed by atoms with van der Waals surface area (Å²) >= 11 is 1.28. The van der Waals surface area contributed by atoms with Gasteiger partial charge in [0.25, 0.3) is 5.91 Å². The quantitative estimate of drug-likeness (QED) is 0.765. The Kier molecular flexibility index (Phi) is 3.68. The van der Waals surface area contributed by atoms with Crippen LogP contribution in [-0.4, -0.2) is 34.1 Å². The zero-order chi connectivity index (χ0) is 17.7. The number of carbonyl (C=O) groups excluding carboxylic acids is 1. The smallest absolute Gasteiger partial charge is 0.266 e. The predicted octanol–water partition coefficient (Wildman–Crippen LogP) is 3.27. The van der Waals surface area contributed by atoms with Gasteiger partial charge in [0.05, 0.1) is 11.4 Å². The van der Waals surface area contributed by atoms with Crippen molar-refractivity contribution in [3.63, 3.8) is 0 Å². The lowest BCUT2D eigenvalue weighted by molar-refractivity contribution is 0.0608. The lowest BCUT2D eigenvalue weighted by Crippen LogP contribution is -2.48. The molecule has 0 saturated carbocycles. The number of halogens is 1. The highest BCUT2D eigenvalue weighted by molar-refractivity contribution is 7.21. The first-order chi connectivity index (χ1) is 12.0. The maximum atomic E-state index is 13.3. The third-order valence-corrected chi connectivity index (χ3v) is 5.90. The highest BCUT2D eigenvalue weighted by Crippen LogP contribution is 2.37. The summed E-state index contributed by atoms with van der Waals surface area (Å²) in [6.45, 7) is 4.95. The van der Waals surface area contributed by atoms with Crippen LogP contribution in [0.5, 0.6) is 0 Å². The van der Waals surface area contributed by atoms with Gasteiger partial charge in [-0.2, -0.15) is 5.10 Å². The molecule has 25 heavy (non-hydrogen) atoms. The van der Waals surface area contributed by atoms with Crippen LogP contribution in [0.3, 0.4) is 0 Å². The number of amides is 1. The van der Waals surface area contributed by atoms with E-state index in [1.54, 1.807) is 11.0 Å². The third-order valence-electron chi connectivity index (χ3n) is 4.82. The second kappa shape index (κ2) is 5.77. The first-order valence-electron chi connectivity index (χ1n) is 8.02. The van der Waals surface area contributed by atoms with Crippen LogP contribution in [0.25, 0.3) is 10.2 Å². The van der Waals surface area contributed by atoms with E-state index < -0.39 is 0 Å². The number of carbonyl (C=O) groups is 1. The fourth-order valence-electron chi connectivity index (χ4n) is 3.16. The van der Waals surface area contributed by atoms with E-state index in [9.17, 15) is 9.18 Å². The Labute approximate surface area is 148 Å². The number of hydrogen-bond acceptors (Lipinski definition) is 5.